The Kier molecular flexibility index (Phi) is 7.33. The van der Waals surface area contributed by atoms with E-state index in [1.54, 1.807) is 0 Å². The molecule has 0 heterocycles. The molecule has 0 aromatic carbocycles. The van der Waals surface area contributed by atoms with E-state index >= 15 is 0 Å². The van der Waals surface area contributed by atoms with Gasteiger partial charge in [0.15, 0.2) is 9.84 Å². The van der Waals surface area contributed by atoms with Crippen molar-refractivity contribution in [2.45, 2.75) is 51.2 Å². The van der Waals surface area contributed by atoms with Gasteiger partial charge in [-0.1, -0.05) is 26.7 Å². The highest BCUT2D eigenvalue weighted by molar-refractivity contribution is 7.92. The van der Waals surface area contributed by atoms with Gasteiger partial charge in [-0.05, 0) is 12.8 Å². The molecule has 96 valence electrons. The minimum atomic E-state index is -3.26. The van der Waals surface area contributed by atoms with Crippen molar-refractivity contribution in [1.29, 1.82) is 0 Å². The van der Waals surface area contributed by atoms with Gasteiger partial charge in [0, 0.05) is 0 Å². The minimum absolute atomic E-state index is 0.253. The van der Waals surface area contributed by atoms with E-state index in [4.69, 9.17) is 5.26 Å². The number of carbonyl (C=O) groups is 1. The van der Waals surface area contributed by atoms with E-state index in [2.05, 4.69) is 4.89 Å². The number of hydrogen-bond donors (Lipinski definition) is 1. The van der Waals surface area contributed by atoms with Gasteiger partial charge in [0.25, 0.3) is 0 Å². The van der Waals surface area contributed by atoms with Crippen molar-refractivity contribution in [2.75, 3.05) is 5.75 Å². The van der Waals surface area contributed by atoms with E-state index in [1.165, 1.54) is 0 Å². The van der Waals surface area contributed by atoms with Crippen molar-refractivity contribution in [3.8, 4) is 0 Å². The monoisotopic (exact) mass is 252 g/mol. The van der Waals surface area contributed by atoms with E-state index in [9.17, 15) is 13.2 Å². The lowest BCUT2D eigenvalue weighted by Crippen LogP contribution is -2.25. The maximum atomic E-state index is 11.8. The predicted octanol–water partition coefficient (Wildman–Crippen LogP) is 1.78. The molecule has 0 fully saturated rings. The van der Waals surface area contributed by atoms with Crippen molar-refractivity contribution < 1.29 is 23.4 Å². The lowest BCUT2D eigenvalue weighted by atomic mass is 10.2. The van der Waals surface area contributed by atoms with Crippen LogP contribution in [0.2, 0.25) is 0 Å². The van der Waals surface area contributed by atoms with Crippen LogP contribution in [0.1, 0.15) is 46.0 Å². The lowest BCUT2D eigenvalue weighted by Gasteiger charge is -2.15. The zero-order valence-electron chi connectivity index (χ0n) is 9.81. The van der Waals surface area contributed by atoms with Crippen LogP contribution in [0, 0.1) is 0 Å². The van der Waals surface area contributed by atoms with Crippen LogP contribution in [0.25, 0.3) is 0 Å². The Morgan fingerprint density at radius 3 is 2.12 bits per heavy atom. The van der Waals surface area contributed by atoms with Gasteiger partial charge < -0.3 is 4.89 Å². The van der Waals surface area contributed by atoms with Crippen LogP contribution in [-0.2, 0) is 19.5 Å². The van der Waals surface area contributed by atoms with Crippen molar-refractivity contribution in [2.24, 2.45) is 0 Å². The second-order valence-electron chi connectivity index (χ2n) is 3.78. The molecule has 6 heteroatoms. The summed E-state index contributed by atoms with van der Waals surface area (Å²) in [5.74, 6) is -1.16. The standard InChI is InChI=1S/C10H20O5S/c1-3-5-9(6-4-2)16(13,14)8-7-10(11)15-12/h9,12H,3-8H2,1-2H3. The van der Waals surface area contributed by atoms with E-state index in [0.717, 1.165) is 12.8 Å². The fraction of sp³-hybridized carbons (Fsp3) is 0.900. The molecule has 0 saturated heterocycles. The first kappa shape index (κ1) is 15.4. The normalized spacial score (nSPS) is 11.8. The Labute approximate surface area is 96.6 Å². The first-order valence-electron chi connectivity index (χ1n) is 5.53. The predicted molar refractivity (Wildman–Crippen MR) is 60.7 cm³/mol. The Hall–Kier alpha value is -0.620. The molecule has 16 heavy (non-hydrogen) atoms. The summed E-state index contributed by atoms with van der Waals surface area (Å²) < 4.78 is 23.7. The van der Waals surface area contributed by atoms with E-state index in [0.29, 0.717) is 12.8 Å². The van der Waals surface area contributed by atoms with Gasteiger partial charge in [0.1, 0.15) is 0 Å². The van der Waals surface area contributed by atoms with Crippen molar-refractivity contribution in [1.82, 2.24) is 0 Å². The first-order chi connectivity index (χ1) is 7.47. The van der Waals surface area contributed by atoms with Crippen LogP contribution >= 0.6 is 0 Å². The van der Waals surface area contributed by atoms with Crippen LogP contribution in [0.4, 0.5) is 0 Å². The largest absolute Gasteiger partial charge is 0.343 e. The molecule has 0 bridgehead atoms. The van der Waals surface area contributed by atoms with Gasteiger partial charge in [0.2, 0.25) is 0 Å². The van der Waals surface area contributed by atoms with Gasteiger partial charge in [-0.2, -0.15) is 5.26 Å². The smallest absolute Gasteiger partial charge is 0.301 e. The van der Waals surface area contributed by atoms with Crippen LogP contribution < -0.4 is 0 Å². The number of carbonyl (C=O) groups excluding carboxylic acids is 1. The van der Waals surface area contributed by atoms with Crippen molar-refractivity contribution in [3.63, 3.8) is 0 Å². The van der Waals surface area contributed by atoms with Crippen molar-refractivity contribution >= 4 is 15.8 Å². The maximum absolute atomic E-state index is 11.8. The van der Waals surface area contributed by atoms with Crippen LogP contribution in [0.5, 0.6) is 0 Å². The highest BCUT2D eigenvalue weighted by Crippen LogP contribution is 2.16. The van der Waals surface area contributed by atoms with Gasteiger partial charge in [-0.25, -0.2) is 13.2 Å². The first-order valence-corrected chi connectivity index (χ1v) is 7.25. The van der Waals surface area contributed by atoms with Gasteiger partial charge in [-0.15, -0.1) is 0 Å². The third-order valence-corrected chi connectivity index (χ3v) is 4.68. The fourth-order valence-corrected chi connectivity index (χ4v) is 3.56. The molecular formula is C10H20O5S. The Morgan fingerprint density at radius 1 is 1.25 bits per heavy atom. The minimum Gasteiger partial charge on any atom is -0.301 e. The average Bonchev–Trinajstić information content (AvgIpc) is 2.25. The number of sulfone groups is 1. The summed E-state index contributed by atoms with van der Waals surface area (Å²) in [6, 6.07) is 0. The summed E-state index contributed by atoms with van der Waals surface area (Å²) in [5, 5.41) is 7.65. The second-order valence-corrected chi connectivity index (χ2v) is 6.18. The number of hydrogen-bond acceptors (Lipinski definition) is 5. The molecule has 0 unspecified atom stereocenters. The average molecular weight is 252 g/mol. The number of rotatable bonds is 8. The Bertz CT molecular complexity index is 290. The molecule has 5 nitrogen and oxygen atoms in total. The Balaban J connectivity index is 4.41. The molecule has 0 aromatic heterocycles. The molecule has 0 amide bonds. The highest BCUT2D eigenvalue weighted by atomic mass is 32.2. The molecule has 0 aliphatic rings. The zero-order valence-corrected chi connectivity index (χ0v) is 10.6. The molecule has 1 N–H and O–H groups in total. The highest BCUT2D eigenvalue weighted by Gasteiger charge is 2.24. The van der Waals surface area contributed by atoms with Crippen molar-refractivity contribution in [3.05, 3.63) is 0 Å². The quantitative estimate of drug-likeness (QED) is 0.526. The molecular weight excluding hydrogens is 232 g/mol. The SMILES string of the molecule is CCCC(CCC)S(=O)(=O)CCC(=O)OO. The van der Waals surface area contributed by atoms with Crippen LogP contribution in [0.3, 0.4) is 0 Å². The summed E-state index contributed by atoms with van der Waals surface area (Å²) in [6.07, 6.45) is 2.54. The molecule has 0 atom stereocenters. The summed E-state index contributed by atoms with van der Waals surface area (Å²) >= 11 is 0. The fourth-order valence-electron chi connectivity index (χ4n) is 1.59. The molecule has 0 aromatic rings. The summed E-state index contributed by atoms with van der Waals surface area (Å²) in [5.41, 5.74) is 0. The third kappa shape index (κ3) is 5.46. The van der Waals surface area contributed by atoms with Crippen LogP contribution in [0.15, 0.2) is 0 Å². The van der Waals surface area contributed by atoms with Gasteiger partial charge in [0.05, 0.1) is 17.4 Å². The van der Waals surface area contributed by atoms with Gasteiger partial charge in [-0.3, -0.25) is 0 Å². The van der Waals surface area contributed by atoms with Gasteiger partial charge >= 0.3 is 5.97 Å². The molecule has 0 radical (unpaired) electrons. The molecule has 0 spiro atoms. The molecule has 0 aliphatic carbocycles. The van der Waals surface area contributed by atoms with E-state index in [1.807, 2.05) is 13.8 Å². The molecule has 0 aliphatic heterocycles. The Morgan fingerprint density at radius 2 is 1.75 bits per heavy atom. The van der Waals surface area contributed by atoms with Crippen LogP contribution in [-0.4, -0.2) is 30.6 Å². The third-order valence-electron chi connectivity index (χ3n) is 2.42. The lowest BCUT2D eigenvalue weighted by molar-refractivity contribution is -0.233. The molecule has 0 rings (SSSR count). The summed E-state index contributed by atoms with van der Waals surface area (Å²) in [6.45, 7) is 3.86. The zero-order chi connectivity index (χ0) is 12.6. The van der Waals surface area contributed by atoms with E-state index in [-0.39, 0.29) is 17.4 Å². The topological polar surface area (TPSA) is 80.7 Å². The second kappa shape index (κ2) is 7.62. The molecule has 0 saturated carbocycles. The van der Waals surface area contributed by atoms with E-state index < -0.39 is 15.8 Å². The summed E-state index contributed by atoms with van der Waals surface area (Å²) in [4.78, 5) is 14.1. The summed E-state index contributed by atoms with van der Waals surface area (Å²) in [7, 11) is -3.26. The maximum Gasteiger partial charge on any atom is 0.343 e.